The van der Waals surface area contributed by atoms with E-state index in [1.807, 2.05) is 0 Å². The van der Waals surface area contributed by atoms with Crippen LogP contribution in [-0.4, -0.2) is 91.6 Å². The smallest absolute Gasteiger partial charge is 0.404 e. The number of anilines is 1. The van der Waals surface area contributed by atoms with Gasteiger partial charge in [0.2, 0.25) is 0 Å². The van der Waals surface area contributed by atoms with Gasteiger partial charge in [0, 0.05) is 11.6 Å². The second kappa shape index (κ2) is 9.63. The summed E-state index contributed by atoms with van der Waals surface area (Å²) in [6.45, 7) is -1.16. The van der Waals surface area contributed by atoms with E-state index in [2.05, 4.69) is 20.2 Å². The lowest BCUT2D eigenvalue weighted by Crippen LogP contribution is -2.73. The minimum Gasteiger partial charge on any atom is -0.447 e. The second-order valence-corrected chi connectivity index (χ2v) is 10.7. The molecule has 2 atom stereocenters. The molecule has 3 amide bonds. The van der Waals surface area contributed by atoms with Gasteiger partial charge >= 0.3 is 16.4 Å². The lowest BCUT2D eigenvalue weighted by molar-refractivity contribution is -0.146. The topological polar surface area (TPSA) is 251 Å². The van der Waals surface area contributed by atoms with E-state index in [9.17, 15) is 35.8 Å². The molecule has 0 spiro atoms. The molecule has 32 heavy (non-hydrogen) atoms. The molecule has 1 saturated heterocycles. The van der Waals surface area contributed by atoms with E-state index in [-0.39, 0.29) is 15.1 Å². The molecule has 0 bridgehead atoms. The fraction of sp³-hybridized carbons (Fsp3) is 0.462. The summed E-state index contributed by atoms with van der Waals surface area (Å²) in [7, 11) is -8.40. The number of rotatable bonds is 10. The van der Waals surface area contributed by atoms with Gasteiger partial charge in [0.1, 0.15) is 31.0 Å². The van der Waals surface area contributed by atoms with Crippen LogP contribution in [0.1, 0.15) is 5.69 Å². The Balaban J connectivity index is 2.23. The lowest BCUT2D eigenvalue weighted by atomic mass is 9.99. The Morgan fingerprint density at radius 2 is 2.03 bits per heavy atom. The normalized spacial score (nSPS) is 19.2. The van der Waals surface area contributed by atoms with Crippen molar-refractivity contribution in [2.75, 3.05) is 31.0 Å². The zero-order valence-electron chi connectivity index (χ0n) is 16.2. The number of primary amides is 1. The van der Waals surface area contributed by atoms with E-state index in [0.717, 1.165) is 17.6 Å². The summed E-state index contributed by atoms with van der Waals surface area (Å²) in [5.74, 6) is -2.71. The van der Waals surface area contributed by atoms with Gasteiger partial charge < -0.3 is 26.4 Å². The molecular formula is C13H18N6O10S3. The van der Waals surface area contributed by atoms with Gasteiger partial charge in [-0.05, 0) is 0 Å². The monoisotopic (exact) mass is 514 g/mol. The van der Waals surface area contributed by atoms with Crippen LogP contribution in [0.5, 0.6) is 0 Å². The van der Waals surface area contributed by atoms with Crippen molar-refractivity contribution in [2.24, 2.45) is 10.9 Å². The van der Waals surface area contributed by atoms with Crippen molar-refractivity contribution in [3.8, 4) is 0 Å². The van der Waals surface area contributed by atoms with Crippen LogP contribution in [0.2, 0.25) is 0 Å². The lowest BCUT2D eigenvalue weighted by Gasteiger charge is -2.43. The van der Waals surface area contributed by atoms with E-state index in [4.69, 9.17) is 16.3 Å². The van der Waals surface area contributed by atoms with E-state index in [1.165, 1.54) is 5.38 Å². The number of nitrogens with zero attached hydrogens (tertiary/aromatic N) is 3. The number of sulfone groups is 1. The molecule has 1 aliphatic heterocycles. The van der Waals surface area contributed by atoms with E-state index in [0.29, 0.717) is 0 Å². The van der Waals surface area contributed by atoms with Gasteiger partial charge in [-0.15, -0.1) is 11.3 Å². The predicted octanol–water partition coefficient (Wildman–Crippen LogP) is -2.92. The maximum atomic E-state index is 12.7. The fourth-order valence-corrected chi connectivity index (χ4v) is 4.19. The zero-order chi connectivity index (χ0) is 24.3. The highest BCUT2D eigenvalue weighted by Crippen LogP contribution is 2.24. The Kier molecular flexibility index (Phi) is 7.59. The summed E-state index contributed by atoms with van der Waals surface area (Å²) < 4.78 is 58.8. The Hall–Kier alpha value is -3.03. The van der Waals surface area contributed by atoms with Gasteiger partial charge in [-0.1, -0.05) is 5.16 Å². The molecule has 0 aromatic carbocycles. The molecule has 0 unspecified atom stereocenters. The highest BCUT2D eigenvalue weighted by atomic mass is 32.2. The van der Waals surface area contributed by atoms with E-state index >= 15 is 0 Å². The van der Waals surface area contributed by atoms with Crippen molar-refractivity contribution in [1.29, 1.82) is 0 Å². The minimum absolute atomic E-state index is 0.00113. The van der Waals surface area contributed by atoms with Gasteiger partial charge in [-0.2, -0.15) is 8.42 Å². The Labute approximate surface area is 185 Å². The van der Waals surface area contributed by atoms with Crippen molar-refractivity contribution in [3.05, 3.63) is 11.1 Å². The predicted molar refractivity (Wildman–Crippen MR) is 108 cm³/mol. The molecule has 0 radical (unpaired) electrons. The van der Waals surface area contributed by atoms with Gasteiger partial charge in [0.15, 0.2) is 20.7 Å². The van der Waals surface area contributed by atoms with Gasteiger partial charge in [0.05, 0.1) is 5.75 Å². The number of nitrogen functional groups attached to an aromatic ring is 1. The number of aromatic nitrogens is 1. The zero-order valence-corrected chi connectivity index (χ0v) is 18.6. The summed E-state index contributed by atoms with van der Waals surface area (Å²) in [5, 5.41) is 7.09. The number of β-lactam (4-membered cyclic amide) rings is 1. The average molecular weight is 515 g/mol. The van der Waals surface area contributed by atoms with Crippen LogP contribution >= 0.6 is 11.3 Å². The third-order valence-electron chi connectivity index (χ3n) is 3.78. The summed E-state index contributed by atoms with van der Waals surface area (Å²) >= 11 is 0.944. The number of amides is 3. The second-order valence-electron chi connectivity index (χ2n) is 6.23. The molecule has 1 fully saturated rings. The van der Waals surface area contributed by atoms with Gasteiger partial charge in [-0.25, -0.2) is 22.5 Å². The number of carbonyl (C=O) groups is 3. The highest BCUT2D eigenvalue weighted by Gasteiger charge is 2.54. The van der Waals surface area contributed by atoms with Gasteiger partial charge in [-0.3, -0.25) is 14.1 Å². The number of hydrogen-bond donors (Lipinski definition) is 4. The quantitative estimate of drug-likeness (QED) is 0.0805. The third kappa shape index (κ3) is 6.48. The van der Waals surface area contributed by atoms with Crippen LogP contribution < -0.4 is 16.8 Å². The van der Waals surface area contributed by atoms with Crippen LogP contribution in [0.25, 0.3) is 0 Å². The summed E-state index contributed by atoms with van der Waals surface area (Å²) in [6.07, 6.45) is -0.323. The minimum atomic E-state index is -5.02. The fourth-order valence-electron chi connectivity index (χ4n) is 2.40. The maximum Gasteiger partial charge on any atom is 0.404 e. The van der Waals surface area contributed by atoms with Gasteiger partial charge in [0.25, 0.3) is 11.8 Å². The first-order chi connectivity index (χ1) is 14.7. The molecule has 1 aromatic heterocycles. The summed E-state index contributed by atoms with van der Waals surface area (Å²) in [6, 6.07) is -3.05. The van der Waals surface area contributed by atoms with Crippen LogP contribution in [0.4, 0.5) is 9.93 Å². The van der Waals surface area contributed by atoms with Crippen molar-refractivity contribution in [3.63, 3.8) is 0 Å². The molecule has 2 rings (SSSR count). The molecule has 6 N–H and O–H groups in total. The van der Waals surface area contributed by atoms with E-state index < -0.39 is 74.8 Å². The largest absolute Gasteiger partial charge is 0.447 e. The molecular weight excluding hydrogens is 496 g/mol. The third-order valence-corrected chi connectivity index (χ3v) is 6.31. The molecule has 0 saturated carbocycles. The first-order valence-corrected chi connectivity index (χ1v) is 12.7. The number of nitrogens with one attached hydrogen (secondary N) is 1. The first-order valence-electron chi connectivity index (χ1n) is 8.33. The van der Waals surface area contributed by atoms with Crippen LogP contribution in [0, 0.1) is 0 Å². The molecule has 16 nitrogen and oxygen atoms in total. The highest BCUT2D eigenvalue weighted by molar-refractivity contribution is 7.90. The molecule has 1 aromatic rings. The van der Waals surface area contributed by atoms with Crippen LogP contribution in [0.3, 0.4) is 0 Å². The summed E-state index contributed by atoms with van der Waals surface area (Å²) in [4.78, 5) is 44.4. The average Bonchev–Trinajstić information content (AvgIpc) is 3.06. The first kappa shape index (κ1) is 25.2. The standard InChI is InChI=1S/C13H18N6O10S3/c1-31(23,24)3-2-29-18-8(6-5-30-12(14)16-6)10(20)17-9-7(4-28-13(15)22)19(11(9)21)32(25,26)27/h5,7,9H,2-4H2,1H3,(H2,14,16)(H2,15,22)(H,17,20)(H,25,26,27)/b18-8-/t7-,9+/m1/s1. The SMILES string of the molecule is CS(=O)(=O)CCO/N=C(\C(=O)N[C@@H]1C(=O)N(S(=O)(=O)O)[C@@H]1COC(N)=O)c1csc(N)n1. The molecule has 0 aliphatic carbocycles. The number of oxime groups is 1. The molecule has 2 heterocycles. The van der Waals surface area contributed by atoms with Crippen molar-refractivity contribution >= 4 is 60.2 Å². The van der Waals surface area contributed by atoms with E-state index in [1.54, 1.807) is 0 Å². The molecule has 178 valence electrons. The Bertz CT molecular complexity index is 1140. The number of nitrogens with two attached hydrogens (primary N) is 2. The van der Waals surface area contributed by atoms with Crippen molar-refractivity contribution in [2.45, 2.75) is 12.1 Å². The molecule has 19 heteroatoms. The van der Waals surface area contributed by atoms with Crippen LogP contribution in [-0.2, 0) is 39.3 Å². The Morgan fingerprint density at radius 3 is 2.53 bits per heavy atom. The number of thiazole rings is 1. The number of hydrogen-bond acceptors (Lipinski definition) is 13. The van der Waals surface area contributed by atoms with Crippen molar-refractivity contribution in [1.82, 2.24) is 14.6 Å². The van der Waals surface area contributed by atoms with Crippen LogP contribution in [0.15, 0.2) is 10.5 Å². The Morgan fingerprint density at radius 1 is 1.38 bits per heavy atom. The molecule has 1 aliphatic rings. The maximum absolute atomic E-state index is 12.7. The van der Waals surface area contributed by atoms with Crippen molar-refractivity contribution < 1.29 is 45.3 Å². The number of ether oxygens (including phenoxy) is 1. The number of carbonyl (C=O) groups excluding carboxylic acids is 3. The summed E-state index contributed by atoms with van der Waals surface area (Å²) in [5.41, 5.74) is 9.77.